The number of hydrogen-bond acceptors (Lipinski definition) is 4. The molecule has 1 aromatic carbocycles. The van der Waals surface area contributed by atoms with Crippen LogP contribution in [0.4, 0.5) is 11.5 Å². The largest absolute Gasteiger partial charge is 0.386 e. The minimum Gasteiger partial charge on any atom is -0.386 e. The van der Waals surface area contributed by atoms with E-state index in [4.69, 9.17) is 5.73 Å². The van der Waals surface area contributed by atoms with Crippen LogP contribution in [0.3, 0.4) is 0 Å². The van der Waals surface area contributed by atoms with Gasteiger partial charge in [0.15, 0.2) is 0 Å². The predicted molar refractivity (Wildman–Crippen MR) is 91.9 cm³/mol. The van der Waals surface area contributed by atoms with Crippen LogP contribution in [0.5, 0.6) is 0 Å². The van der Waals surface area contributed by atoms with Crippen LogP contribution >= 0.6 is 0 Å². The van der Waals surface area contributed by atoms with Gasteiger partial charge in [0.05, 0.1) is 6.10 Å². The van der Waals surface area contributed by atoms with Crippen LogP contribution in [0.15, 0.2) is 42.5 Å². The first-order chi connectivity index (χ1) is 10.5. The molecule has 1 aromatic heterocycles. The van der Waals surface area contributed by atoms with Gasteiger partial charge in [-0.25, -0.2) is 4.98 Å². The first-order valence-electron chi connectivity index (χ1n) is 7.75. The third kappa shape index (κ3) is 3.77. The Morgan fingerprint density at radius 3 is 2.45 bits per heavy atom. The summed E-state index contributed by atoms with van der Waals surface area (Å²) in [7, 11) is 0. The number of benzene rings is 1. The minimum atomic E-state index is -0.595. The molecule has 0 radical (unpaired) electrons. The number of aromatic nitrogens is 1. The molecule has 0 aliphatic carbocycles. The number of pyridine rings is 1. The predicted octanol–water partition coefficient (Wildman–Crippen LogP) is 3.31. The zero-order valence-corrected chi connectivity index (χ0v) is 13.5. The number of hydrogen-bond donors (Lipinski definition) is 2. The highest BCUT2D eigenvalue weighted by atomic mass is 16.3. The van der Waals surface area contributed by atoms with Crippen molar-refractivity contribution in [3.05, 3.63) is 53.7 Å². The molecule has 0 fully saturated rings. The molecule has 0 aliphatic heterocycles. The van der Waals surface area contributed by atoms with Crippen LogP contribution in [0.1, 0.15) is 37.6 Å². The highest BCUT2D eigenvalue weighted by molar-refractivity contribution is 5.47. The Labute approximate surface area is 132 Å². The molecule has 2 rings (SSSR count). The van der Waals surface area contributed by atoms with Gasteiger partial charge >= 0.3 is 0 Å². The fourth-order valence-corrected chi connectivity index (χ4v) is 2.61. The van der Waals surface area contributed by atoms with Gasteiger partial charge < -0.3 is 15.7 Å². The molecule has 2 atom stereocenters. The van der Waals surface area contributed by atoms with Crippen LogP contribution < -0.4 is 10.6 Å². The maximum Gasteiger partial charge on any atom is 0.123 e. The number of aliphatic hydroxyl groups excluding tert-OH is 1. The first kappa shape index (κ1) is 16.3. The highest BCUT2D eigenvalue weighted by Gasteiger charge is 2.19. The van der Waals surface area contributed by atoms with Gasteiger partial charge in [-0.1, -0.05) is 31.2 Å². The molecule has 0 saturated heterocycles. The Hall–Kier alpha value is -2.07. The summed E-state index contributed by atoms with van der Waals surface area (Å²) in [6.45, 7) is 6.74. The van der Waals surface area contributed by atoms with Crippen molar-refractivity contribution in [1.82, 2.24) is 4.98 Å². The molecular formula is C18H25N3O. The van der Waals surface area contributed by atoms with Gasteiger partial charge in [0.1, 0.15) is 5.82 Å². The third-order valence-electron chi connectivity index (χ3n) is 4.09. The van der Waals surface area contributed by atoms with Crippen molar-refractivity contribution in [2.75, 3.05) is 17.2 Å². The summed E-state index contributed by atoms with van der Waals surface area (Å²) in [6, 6.07) is 14.1. The number of rotatable bonds is 6. The Morgan fingerprint density at radius 2 is 1.86 bits per heavy atom. The Kier molecular flexibility index (Phi) is 5.39. The van der Waals surface area contributed by atoms with Gasteiger partial charge in [-0.2, -0.15) is 0 Å². The first-order valence-corrected chi connectivity index (χ1v) is 7.75. The molecule has 4 nitrogen and oxygen atoms in total. The standard InChI is InChI=1S/C18H25N3O/c1-4-13(2)21(15-8-6-5-7-9-15)12-17(22)16-10-11-18(19)20-14(16)3/h5-11,13,17,22H,4,12H2,1-3H3,(H2,19,20). The van der Waals surface area contributed by atoms with E-state index in [0.29, 0.717) is 18.4 Å². The summed E-state index contributed by atoms with van der Waals surface area (Å²) >= 11 is 0. The number of nitrogen functional groups attached to an aromatic ring is 1. The van der Waals surface area contributed by atoms with E-state index in [0.717, 1.165) is 23.4 Å². The van der Waals surface area contributed by atoms with E-state index in [-0.39, 0.29) is 0 Å². The number of aryl methyl sites for hydroxylation is 1. The molecule has 0 aliphatic rings. The second-order valence-electron chi connectivity index (χ2n) is 5.67. The molecule has 2 unspecified atom stereocenters. The second kappa shape index (κ2) is 7.27. The van der Waals surface area contributed by atoms with E-state index in [1.165, 1.54) is 0 Å². The molecule has 0 spiro atoms. The maximum atomic E-state index is 10.6. The zero-order valence-electron chi connectivity index (χ0n) is 13.5. The number of nitrogens with zero attached hydrogens (tertiary/aromatic N) is 2. The van der Waals surface area contributed by atoms with Gasteiger partial charge in [-0.3, -0.25) is 0 Å². The van der Waals surface area contributed by atoms with E-state index in [9.17, 15) is 5.11 Å². The van der Waals surface area contributed by atoms with Crippen molar-refractivity contribution in [3.63, 3.8) is 0 Å². The van der Waals surface area contributed by atoms with Crippen LogP contribution in [0.2, 0.25) is 0 Å². The van der Waals surface area contributed by atoms with Gasteiger partial charge in [0.2, 0.25) is 0 Å². The lowest BCUT2D eigenvalue weighted by Crippen LogP contribution is -2.36. The van der Waals surface area contributed by atoms with Crippen LogP contribution in [-0.2, 0) is 0 Å². The Bertz CT molecular complexity index is 601. The molecule has 0 amide bonds. The second-order valence-corrected chi connectivity index (χ2v) is 5.67. The van der Waals surface area contributed by atoms with E-state index < -0.39 is 6.10 Å². The topological polar surface area (TPSA) is 62.4 Å². The minimum absolute atomic E-state index is 0.346. The quantitative estimate of drug-likeness (QED) is 0.859. The summed E-state index contributed by atoms with van der Waals surface area (Å²) in [5.41, 5.74) is 8.42. The average molecular weight is 299 g/mol. The molecular weight excluding hydrogens is 274 g/mol. The van der Waals surface area contributed by atoms with Crippen molar-refractivity contribution >= 4 is 11.5 Å². The molecule has 1 heterocycles. The van der Waals surface area contributed by atoms with Crippen molar-refractivity contribution in [1.29, 1.82) is 0 Å². The molecule has 3 N–H and O–H groups in total. The zero-order chi connectivity index (χ0) is 16.1. The van der Waals surface area contributed by atoms with Crippen LogP contribution in [0, 0.1) is 6.92 Å². The van der Waals surface area contributed by atoms with Crippen molar-refractivity contribution in [2.45, 2.75) is 39.3 Å². The smallest absolute Gasteiger partial charge is 0.123 e. The number of anilines is 2. The van der Waals surface area contributed by atoms with Gasteiger partial charge in [-0.05, 0) is 38.5 Å². The Balaban J connectivity index is 2.23. The Morgan fingerprint density at radius 1 is 1.18 bits per heavy atom. The molecule has 4 heteroatoms. The maximum absolute atomic E-state index is 10.6. The highest BCUT2D eigenvalue weighted by Crippen LogP contribution is 2.24. The monoisotopic (exact) mass is 299 g/mol. The fraction of sp³-hybridized carbons (Fsp3) is 0.389. The van der Waals surface area contributed by atoms with Crippen molar-refractivity contribution in [2.24, 2.45) is 0 Å². The fourth-order valence-electron chi connectivity index (χ4n) is 2.61. The van der Waals surface area contributed by atoms with Gasteiger partial charge in [-0.15, -0.1) is 0 Å². The summed E-state index contributed by atoms with van der Waals surface area (Å²) in [5, 5.41) is 10.6. The van der Waals surface area contributed by atoms with Gasteiger partial charge in [0, 0.05) is 29.5 Å². The molecule has 22 heavy (non-hydrogen) atoms. The van der Waals surface area contributed by atoms with Crippen molar-refractivity contribution < 1.29 is 5.11 Å². The summed E-state index contributed by atoms with van der Waals surface area (Å²) in [5.74, 6) is 0.482. The number of nitrogens with two attached hydrogens (primary N) is 1. The summed E-state index contributed by atoms with van der Waals surface area (Å²) < 4.78 is 0. The lowest BCUT2D eigenvalue weighted by molar-refractivity contribution is 0.179. The SMILES string of the molecule is CCC(C)N(CC(O)c1ccc(N)nc1C)c1ccccc1. The van der Waals surface area contributed by atoms with E-state index in [1.54, 1.807) is 6.07 Å². The van der Waals surface area contributed by atoms with E-state index >= 15 is 0 Å². The van der Waals surface area contributed by atoms with E-state index in [1.807, 2.05) is 31.2 Å². The lowest BCUT2D eigenvalue weighted by atomic mass is 10.1. The number of aliphatic hydroxyl groups is 1. The van der Waals surface area contributed by atoms with E-state index in [2.05, 4.69) is 35.9 Å². The summed E-state index contributed by atoms with van der Waals surface area (Å²) in [4.78, 5) is 6.48. The molecule has 118 valence electrons. The normalized spacial score (nSPS) is 13.6. The number of para-hydroxylation sites is 1. The lowest BCUT2D eigenvalue weighted by Gasteiger charge is -2.33. The molecule has 0 bridgehead atoms. The average Bonchev–Trinajstić information content (AvgIpc) is 2.52. The van der Waals surface area contributed by atoms with Crippen molar-refractivity contribution in [3.8, 4) is 0 Å². The third-order valence-corrected chi connectivity index (χ3v) is 4.09. The van der Waals surface area contributed by atoms with Crippen LogP contribution in [-0.4, -0.2) is 22.7 Å². The summed E-state index contributed by atoms with van der Waals surface area (Å²) in [6.07, 6.45) is 0.419. The van der Waals surface area contributed by atoms with Gasteiger partial charge in [0.25, 0.3) is 0 Å². The molecule has 2 aromatic rings. The molecule has 0 saturated carbocycles. The van der Waals surface area contributed by atoms with Crippen LogP contribution in [0.25, 0.3) is 0 Å².